The van der Waals surface area contributed by atoms with Crippen LogP contribution >= 0.6 is 0 Å². The third-order valence-corrected chi connectivity index (χ3v) is 4.04. The highest BCUT2D eigenvalue weighted by molar-refractivity contribution is 6.31. The van der Waals surface area contributed by atoms with E-state index in [0.717, 1.165) is 11.1 Å². The molecule has 22 heavy (non-hydrogen) atoms. The van der Waals surface area contributed by atoms with E-state index in [4.69, 9.17) is 0 Å². The highest BCUT2D eigenvalue weighted by atomic mass is 19.1. The Hall–Kier alpha value is -2.69. The minimum Gasteiger partial charge on any atom is -0.478 e. The van der Waals surface area contributed by atoms with E-state index in [1.807, 2.05) is 0 Å². The molecule has 2 aliphatic rings. The number of hydrogen-bond acceptors (Lipinski definition) is 2. The van der Waals surface area contributed by atoms with Crippen LogP contribution in [0.3, 0.4) is 0 Å². The highest BCUT2D eigenvalue weighted by Crippen LogP contribution is 2.38. The Kier molecular flexibility index (Phi) is 3.20. The number of amides is 1. The summed E-state index contributed by atoms with van der Waals surface area (Å²) >= 11 is 0. The van der Waals surface area contributed by atoms with Crippen molar-refractivity contribution in [3.63, 3.8) is 0 Å². The molecule has 0 atom stereocenters. The Morgan fingerprint density at radius 2 is 2.09 bits per heavy atom. The fourth-order valence-corrected chi connectivity index (χ4v) is 2.97. The number of rotatable bonds is 2. The molecule has 112 valence electrons. The molecule has 0 saturated carbocycles. The Bertz CT molecular complexity index is 815. The number of carboxylic acids is 1. The lowest BCUT2D eigenvalue weighted by atomic mass is 10.0. The van der Waals surface area contributed by atoms with Crippen LogP contribution in [0.4, 0.5) is 10.1 Å². The SMILES string of the molecule is CC1=C(C(=O)O)C(C)=C(C=C2C(=O)Nc3ccc(F)cc32)C1. The molecule has 0 saturated heterocycles. The normalized spacial score (nSPS) is 19.0. The number of carbonyl (C=O) groups is 2. The van der Waals surface area contributed by atoms with Crippen LogP contribution in [0, 0.1) is 5.82 Å². The summed E-state index contributed by atoms with van der Waals surface area (Å²) in [5.41, 5.74) is 3.92. The van der Waals surface area contributed by atoms with Crippen molar-refractivity contribution in [2.45, 2.75) is 20.3 Å². The highest BCUT2D eigenvalue weighted by Gasteiger charge is 2.28. The molecule has 1 amide bonds. The summed E-state index contributed by atoms with van der Waals surface area (Å²) in [4.78, 5) is 23.4. The van der Waals surface area contributed by atoms with E-state index < -0.39 is 11.8 Å². The summed E-state index contributed by atoms with van der Waals surface area (Å²) in [5.74, 6) is -1.69. The van der Waals surface area contributed by atoms with Gasteiger partial charge in [-0.05, 0) is 55.7 Å². The zero-order chi connectivity index (χ0) is 16.0. The van der Waals surface area contributed by atoms with Crippen molar-refractivity contribution in [3.05, 3.63) is 57.9 Å². The summed E-state index contributed by atoms with van der Waals surface area (Å²) in [6.07, 6.45) is 2.14. The predicted molar refractivity (Wildman–Crippen MR) is 80.7 cm³/mol. The molecule has 0 aromatic heterocycles. The van der Waals surface area contributed by atoms with Crippen LogP contribution in [0.5, 0.6) is 0 Å². The van der Waals surface area contributed by atoms with Gasteiger partial charge in [0.25, 0.3) is 5.91 Å². The number of aliphatic carboxylic acids is 1. The van der Waals surface area contributed by atoms with Crippen LogP contribution in [0.1, 0.15) is 25.8 Å². The van der Waals surface area contributed by atoms with Crippen LogP contribution in [0.15, 0.2) is 46.6 Å². The average Bonchev–Trinajstić information content (AvgIpc) is 2.88. The van der Waals surface area contributed by atoms with E-state index in [1.54, 1.807) is 19.9 Å². The second-order valence-corrected chi connectivity index (χ2v) is 5.49. The summed E-state index contributed by atoms with van der Waals surface area (Å²) in [5, 5.41) is 11.9. The van der Waals surface area contributed by atoms with Crippen LogP contribution in [0.25, 0.3) is 5.57 Å². The first-order chi connectivity index (χ1) is 10.4. The van der Waals surface area contributed by atoms with Crippen LogP contribution in [-0.4, -0.2) is 17.0 Å². The van der Waals surface area contributed by atoms with Crippen molar-refractivity contribution in [1.82, 2.24) is 0 Å². The van der Waals surface area contributed by atoms with Gasteiger partial charge >= 0.3 is 5.97 Å². The lowest BCUT2D eigenvalue weighted by molar-refractivity contribution is -0.132. The number of anilines is 1. The van der Waals surface area contributed by atoms with Crippen molar-refractivity contribution < 1.29 is 19.1 Å². The minimum absolute atomic E-state index is 0.296. The Labute approximate surface area is 126 Å². The van der Waals surface area contributed by atoms with Gasteiger partial charge in [-0.15, -0.1) is 0 Å². The molecule has 0 bridgehead atoms. The molecule has 3 rings (SSSR count). The first-order valence-electron chi connectivity index (χ1n) is 6.84. The third kappa shape index (κ3) is 2.15. The molecular formula is C17H14FNO3. The molecule has 1 aliphatic heterocycles. The van der Waals surface area contributed by atoms with E-state index in [-0.39, 0.29) is 5.91 Å². The molecule has 1 aromatic carbocycles. The predicted octanol–water partition coefficient (Wildman–Crippen LogP) is 3.28. The summed E-state index contributed by atoms with van der Waals surface area (Å²) in [6.45, 7) is 3.49. The molecule has 1 heterocycles. The number of nitrogens with one attached hydrogen (secondary N) is 1. The fraction of sp³-hybridized carbons (Fsp3) is 0.176. The van der Waals surface area contributed by atoms with Crippen molar-refractivity contribution in [2.24, 2.45) is 0 Å². The van der Waals surface area contributed by atoms with Crippen molar-refractivity contribution in [2.75, 3.05) is 5.32 Å². The Morgan fingerprint density at radius 1 is 1.36 bits per heavy atom. The van der Waals surface area contributed by atoms with Gasteiger partial charge in [0.1, 0.15) is 5.82 Å². The summed E-state index contributed by atoms with van der Waals surface area (Å²) in [7, 11) is 0. The van der Waals surface area contributed by atoms with Gasteiger partial charge in [0.15, 0.2) is 0 Å². The Balaban J connectivity index is 2.07. The van der Waals surface area contributed by atoms with Crippen molar-refractivity contribution >= 4 is 23.1 Å². The zero-order valence-corrected chi connectivity index (χ0v) is 12.2. The second kappa shape index (κ2) is 4.94. The number of carboxylic acid groups (broad SMARTS) is 1. The number of hydrogen-bond donors (Lipinski definition) is 2. The molecule has 1 aliphatic carbocycles. The smallest absolute Gasteiger partial charge is 0.335 e. The third-order valence-electron chi connectivity index (χ3n) is 4.04. The summed E-state index contributed by atoms with van der Waals surface area (Å²) < 4.78 is 13.4. The largest absolute Gasteiger partial charge is 0.478 e. The zero-order valence-electron chi connectivity index (χ0n) is 12.2. The maximum Gasteiger partial charge on any atom is 0.335 e. The van der Waals surface area contributed by atoms with Gasteiger partial charge in [0.05, 0.1) is 5.57 Å². The minimum atomic E-state index is -0.967. The molecule has 0 unspecified atom stereocenters. The summed E-state index contributed by atoms with van der Waals surface area (Å²) in [6, 6.07) is 4.12. The lowest BCUT2D eigenvalue weighted by Gasteiger charge is -2.02. The monoisotopic (exact) mass is 299 g/mol. The first-order valence-corrected chi connectivity index (χ1v) is 6.84. The van der Waals surface area contributed by atoms with E-state index in [2.05, 4.69) is 5.32 Å². The van der Waals surface area contributed by atoms with E-state index >= 15 is 0 Å². The van der Waals surface area contributed by atoms with E-state index in [1.165, 1.54) is 18.2 Å². The molecule has 0 spiro atoms. The quantitative estimate of drug-likeness (QED) is 0.824. The maximum absolute atomic E-state index is 13.4. The molecule has 0 fully saturated rings. The standard InChI is InChI=1S/C17H14FNO3/c1-8-5-10(9(2)15(8)17(21)22)6-13-12-7-11(18)3-4-14(12)19-16(13)20/h3-4,6-7H,5H2,1-2H3,(H,19,20)(H,21,22). The van der Waals surface area contributed by atoms with Gasteiger partial charge in [-0.3, -0.25) is 4.79 Å². The molecule has 5 heteroatoms. The molecule has 4 nitrogen and oxygen atoms in total. The lowest BCUT2D eigenvalue weighted by Crippen LogP contribution is -2.04. The average molecular weight is 299 g/mol. The van der Waals surface area contributed by atoms with Gasteiger partial charge in [-0.25, -0.2) is 9.18 Å². The van der Waals surface area contributed by atoms with Crippen molar-refractivity contribution in [1.29, 1.82) is 0 Å². The number of allylic oxidation sites excluding steroid dienone is 3. The number of halogens is 1. The Morgan fingerprint density at radius 3 is 2.73 bits per heavy atom. The molecule has 2 N–H and O–H groups in total. The second-order valence-electron chi connectivity index (χ2n) is 5.49. The van der Waals surface area contributed by atoms with Gasteiger partial charge in [-0.2, -0.15) is 0 Å². The van der Waals surface area contributed by atoms with Gasteiger partial charge in [0.2, 0.25) is 0 Å². The van der Waals surface area contributed by atoms with Gasteiger partial charge in [0, 0.05) is 16.8 Å². The maximum atomic E-state index is 13.4. The van der Waals surface area contributed by atoms with E-state index in [0.29, 0.717) is 34.4 Å². The fourth-order valence-electron chi connectivity index (χ4n) is 2.97. The van der Waals surface area contributed by atoms with Crippen LogP contribution in [-0.2, 0) is 9.59 Å². The number of benzene rings is 1. The van der Waals surface area contributed by atoms with Crippen molar-refractivity contribution in [3.8, 4) is 0 Å². The van der Waals surface area contributed by atoms with Gasteiger partial charge in [-0.1, -0.05) is 5.57 Å². The number of carbonyl (C=O) groups excluding carboxylic acids is 1. The number of fused-ring (bicyclic) bond motifs is 1. The van der Waals surface area contributed by atoms with Crippen LogP contribution in [0.2, 0.25) is 0 Å². The molecule has 0 radical (unpaired) electrons. The molecule has 1 aromatic rings. The topological polar surface area (TPSA) is 66.4 Å². The van der Waals surface area contributed by atoms with E-state index in [9.17, 15) is 19.1 Å². The molecular weight excluding hydrogens is 285 g/mol. The first kappa shape index (κ1) is 14.3. The van der Waals surface area contributed by atoms with Gasteiger partial charge < -0.3 is 10.4 Å². The van der Waals surface area contributed by atoms with Crippen LogP contribution < -0.4 is 5.32 Å².